The molecule has 302 valence electrons. The number of hydrogen-bond donors (Lipinski definition) is 4. The Morgan fingerprint density at radius 3 is 2.51 bits per heavy atom. The van der Waals surface area contributed by atoms with Crippen LogP contribution in [-0.2, 0) is 27.1 Å². The first kappa shape index (κ1) is 44.7. The lowest BCUT2D eigenvalue weighted by molar-refractivity contribution is -0.404. The molecule has 6 rings (SSSR count). The number of nitrogens with one attached hydrogen (secondary N) is 3. The van der Waals surface area contributed by atoms with Crippen molar-refractivity contribution in [2.75, 3.05) is 62.4 Å². The minimum Gasteiger partial charge on any atom is -0.399 e. The number of carbonyl (C=O) groups is 1. The Balaban J connectivity index is 0.000000191. The number of rotatable bonds is 14. The number of nitrogens with two attached hydrogens (primary N) is 1. The van der Waals surface area contributed by atoms with Crippen molar-refractivity contribution in [1.29, 1.82) is 0 Å². The van der Waals surface area contributed by atoms with E-state index in [1.165, 1.54) is 41.8 Å². The van der Waals surface area contributed by atoms with Gasteiger partial charge in [0.15, 0.2) is 11.0 Å². The molecule has 3 heterocycles. The van der Waals surface area contributed by atoms with Crippen LogP contribution < -0.4 is 26.0 Å². The molecule has 20 heteroatoms. The summed E-state index contributed by atoms with van der Waals surface area (Å²) < 4.78 is 26.0. The van der Waals surface area contributed by atoms with Crippen molar-refractivity contribution in [1.82, 2.24) is 25.5 Å². The monoisotopic (exact) mass is 870 g/mol. The summed E-state index contributed by atoms with van der Waals surface area (Å²) in [7, 11) is 3.91. The molecule has 0 unspecified atom stereocenters. The zero-order valence-corrected chi connectivity index (χ0v) is 35.6. The summed E-state index contributed by atoms with van der Waals surface area (Å²) in [5, 5.41) is 22.0. The molecule has 0 fully saturated rings. The lowest BCUT2D eigenvalue weighted by Gasteiger charge is -2.18. The SMILES string of the molecule is CN/C(=C\[N+](=O)[O-])NCCSCc1csc(CN(C)C)n1.CN1C(=O)CN=C(c2ccccc2)c2cc(Cl)ccc21.Nc1ccc(S(=O)(=O)Nc2nccs2)cc1. The quantitative estimate of drug-likeness (QED) is 0.0440. The van der Waals surface area contributed by atoms with Crippen LogP contribution in [0.15, 0.2) is 112 Å². The van der Waals surface area contributed by atoms with Gasteiger partial charge in [-0.1, -0.05) is 41.9 Å². The van der Waals surface area contributed by atoms with E-state index >= 15 is 0 Å². The highest BCUT2D eigenvalue weighted by atomic mass is 35.5. The summed E-state index contributed by atoms with van der Waals surface area (Å²) in [6.45, 7) is 1.68. The Labute approximate surface area is 349 Å². The summed E-state index contributed by atoms with van der Waals surface area (Å²) in [6, 6.07) is 21.3. The second-order valence-corrected chi connectivity index (χ2v) is 17.2. The fraction of sp³-hybridized carbons (Fsp3) is 0.243. The van der Waals surface area contributed by atoms with Crippen molar-refractivity contribution in [2.24, 2.45) is 4.99 Å². The van der Waals surface area contributed by atoms with E-state index in [4.69, 9.17) is 17.3 Å². The van der Waals surface area contributed by atoms with Crippen molar-refractivity contribution in [3.8, 4) is 0 Å². The summed E-state index contributed by atoms with van der Waals surface area (Å²) >= 11 is 10.8. The molecular weight excluding hydrogens is 828 g/mol. The van der Waals surface area contributed by atoms with Crippen LogP contribution in [0.2, 0.25) is 5.02 Å². The minimum atomic E-state index is -3.56. The van der Waals surface area contributed by atoms with Gasteiger partial charge in [-0.25, -0.2) is 18.4 Å². The molecule has 3 aromatic carbocycles. The second kappa shape index (κ2) is 22.0. The van der Waals surface area contributed by atoms with Gasteiger partial charge < -0.3 is 26.2 Å². The van der Waals surface area contributed by atoms with E-state index in [0.29, 0.717) is 28.2 Å². The van der Waals surface area contributed by atoms with Crippen LogP contribution in [0.5, 0.6) is 0 Å². The maximum Gasteiger partial charge on any atom is 0.274 e. The van der Waals surface area contributed by atoms with Gasteiger partial charge in [0.2, 0.25) is 5.91 Å². The number of thioether (sulfide) groups is 1. The maximum absolute atomic E-state index is 12.0. The highest BCUT2D eigenvalue weighted by Crippen LogP contribution is 2.29. The van der Waals surface area contributed by atoms with Gasteiger partial charge in [-0.15, -0.1) is 22.7 Å². The third-order valence-corrected chi connectivity index (χ3v) is 11.9. The predicted octanol–water partition coefficient (Wildman–Crippen LogP) is 6.00. The third-order valence-electron chi connectivity index (χ3n) is 7.58. The van der Waals surface area contributed by atoms with Crippen molar-refractivity contribution in [2.45, 2.75) is 17.2 Å². The molecule has 0 atom stereocenters. The van der Waals surface area contributed by atoms with Crippen molar-refractivity contribution in [3.05, 3.63) is 139 Å². The molecule has 5 aromatic rings. The molecule has 0 radical (unpaired) electrons. The normalized spacial score (nSPS) is 12.6. The number of nitro groups is 1. The minimum absolute atomic E-state index is 0.0282. The Bertz CT molecular complexity index is 2240. The van der Waals surface area contributed by atoms with Gasteiger partial charge in [0.05, 0.1) is 26.9 Å². The Morgan fingerprint density at radius 2 is 1.86 bits per heavy atom. The number of anilines is 3. The first-order valence-electron chi connectivity index (χ1n) is 17.1. The fourth-order valence-electron chi connectivity index (χ4n) is 4.90. The number of fused-ring (bicyclic) bond motifs is 1. The van der Waals surface area contributed by atoms with Gasteiger partial charge in [-0.2, -0.15) is 11.8 Å². The zero-order valence-electron chi connectivity index (χ0n) is 31.6. The van der Waals surface area contributed by atoms with Crippen molar-refractivity contribution < 1.29 is 18.1 Å². The Morgan fingerprint density at radius 1 is 1.12 bits per heavy atom. The molecule has 1 aliphatic heterocycles. The molecule has 2 aromatic heterocycles. The summed E-state index contributed by atoms with van der Waals surface area (Å²) in [4.78, 5) is 38.7. The summed E-state index contributed by atoms with van der Waals surface area (Å²) in [5.74, 6) is 2.11. The number of sulfonamides is 1. The molecular formula is C37H43ClN10O5S4. The van der Waals surface area contributed by atoms with Gasteiger partial charge in [-0.3, -0.25) is 24.6 Å². The summed E-state index contributed by atoms with van der Waals surface area (Å²) in [6.07, 6.45) is 2.46. The number of carbonyl (C=O) groups excluding carboxylic acids is 1. The molecule has 1 aliphatic rings. The smallest absolute Gasteiger partial charge is 0.274 e. The van der Waals surface area contributed by atoms with E-state index in [9.17, 15) is 23.3 Å². The number of likely N-dealkylation sites (N-methyl/N-ethyl adjacent to an activating group) is 1. The van der Waals surface area contributed by atoms with Gasteiger partial charge in [0, 0.05) is 77.5 Å². The van der Waals surface area contributed by atoms with E-state index in [1.807, 2.05) is 56.6 Å². The fourth-order valence-corrected chi connectivity index (χ4v) is 8.62. The number of thiazole rings is 2. The maximum atomic E-state index is 12.0. The molecule has 0 spiro atoms. The van der Waals surface area contributed by atoms with E-state index in [2.05, 4.69) is 40.6 Å². The molecule has 5 N–H and O–H groups in total. The highest BCUT2D eigenvalue weighted by molar-refractivity contribution is 7.98. The van der Waals surface area contributed by atoms with Crippen LogP contribution in [0.1, 0.15) is 21.8 Å². The number of amides is 1. The van der Waals surface area contributed by atoms with Gasteiger partial charge in [0.1, 0.15) is 11.6 Å². The average molecular weight is 872 g/mol. The molecule has 0 saturated heterocycles. The third kappa shape index (κ3) is 14.4. The van der Waals surface area contributed by atoms with E-state index in [1.54, 1.807) is 53.5 Å². The van der Waals surface area contributed by atoms with Crippen LogP contribution >= 0.6 is 46.0 Å². The lowest BCUT2D eigenvalue weighted by Crippen LogP contribution is -2.27. The van der Waals surface area contributed by atoms with E-state index in [-0.39, 0.29) is 17.3 Å². The molecule has 0 aliphatic carbocycles. The van der Waals surface area contributed by atoms with Crippen molar-refractivity contribution >= 4 is 84.2 Å². The van der Waals surface area contributed by atoms with Crippen LogP contribution in [0.25, 0.3) is 0 Å². The number of nitrogens with zero attached hydrogens (tertiary/aromatic N) is 6. The number of aliphatic imine (C=N–C) groups is 1. The Kier molecular flexibility index (Phi) is 17.3. The largest absolute Gasteiger partial charge is 0.399 e. The predicted molar refractivity (Wildman–Crippen MR) is 233 cm³/mol. The van der Waals surface area contributed by atoms with Crippen LogP contribution in [0, 0.1) is 10.1 Å². The molecule has 57 heavy (non-hydrogen) atoms. The van der Waals surface area contributed by atoms with E-state index in [0.717, 1.165) is 57.5 Å². The Hall–Kier alpha value is -5.05. The molecule has 0 saturated carbocycles. The number of benzene rings is 3. The number of hydrogen-bond acceptors (Lipinski definition) is 15. The number of nitrogen functional groups attached to an aromatic ring is 1. The van der Waals surface area contributed by atoms with Gasteiger partial charge >= 0.3 is 0 Å². The second-order valence-electron chi connectivity index (χ2n) is 12.2. The molecule has 1 amide bonds. The average Bonchev–Trinajstić information content (AvgIpc) is 3.84. The van der Waals surface area contributed by atoms with Crippen molar-refractivity contribution in [3.63, 3.8) is 0 Å². The van der Waals surface area contributed by atoms with Crippen LogP contribution in [-0.4, -0.2) is 86.9 Å². The first-order valence-corrected chi connectivity index (χ1v) is 21.9. The number of halogens is 1. The standard InChI is InChI=1S/C16H13ClN2O.C12H21N5O2S2.C9H9N3O2S2/c1-19-14-8-7-12(17)9-13(14)16(18-10-15(19)20)11-5-3-2-4-6-11;1-13-11(6-17(18)19)14-4-5-20-8-10-9-21-12(15-10)7-16(2)3;10-7-1-3-8(4-2-7)16(13,14)12-9-11-5-6-15-9/h2-9H,10H2,1H3;6,9,13-14H,4-5,7-8H2,1-3H3;1-6H,10H2,(H,11,12)/b;11-6+;. The topological polar surface area (TPSA) is 201 Å². The van der Waals surface area contributed by atoms with Gasteiger partial charge in [0.25, 0.3) is 16.2 Å². The van der Waals surface area contributed by atoms with Crippen LogP contribution in [0.4, 0.5) is 16.5 Å². The van der Waals surface area contributed by atoms with E-state index < -0.39 is 14.9 Å². The number of aromatic nitrogens is 2. The first-order chi connectivity index (χ1) is 27.2. The highest BCUT2D eigenvalue weighted by Gasteiger charge is 2.22. The molecule has 15 nitrogen and oxygen atoms in total. The molecule has 0 bridgehead atoms. The zero-order chi connectivity index (χ0) is 41.4. The number of benzodiazepines with no additional fused rings is 1. The summed E-state index contributed by atoms with van der Waals surface area (Å²) in [5.41, 5.74) is 10.6. The van der Waals surface area contributed by atoms with Gasteiger partial charge in [-0.05, 0) is 56.6 Å². The van der Waals surface area contributed by atoms with Crippen LogP contribution in [0.3, 0.4) is 0 Å². The lowest BCUT2D eigenvalue weighted by atomic mass is 10.0.